The summed E-state index contributed by atoms with van der Waals surface area (Å²) in [7, 11) is 0. The van der Waals surface area contributed by atoms with E-state index >= 15 is 0 Å². The summed E-state index contributed by atoms with van der Waals surface area (Å²) in [6, 6.07) is 0. The third-order valence-electron chi connectivity index (χ3n) is 0.269. The van der Waals surface area contributed by atoms with Crippen molar-refractivity contribution in [1.82, 2.24) is 5.59 Å². The van der Waals surface area contributed by atoms with Gasteiger partial charge in [0, 0.05) is 5.71 Å². The molecule has 35 valence electrons. The third-order valence-corrected chi connectivity index (χ3v) is 0.269. The highest BCUT2D eigenvalue weighted by Gasteiger charge is 1.68. The Morgan fingerprint density at radius 1 is 1.67 bits per heavy atom. The maximum absolute atomic E-state index is 9.30. The van der Waals surface area contributed by atoms with Gasteiger partial charge < -0.3 is 0 Å². The lowest BCUT2D eigenvalue weighted by Gasteiger charge is -1.80. The first-order chi connectivity index (χ1) is 2.77. The van der Waals surface area contributed by atoms with Gasteiger partial charge in [0.2, 0.25) is 0 Å². The van der Waals surface area contributed by atoms with Crippen LogP contribution < -0.4 is 5.59 Å². The topological polar surface area (TPSA) is 44.3 Å². The molecule has 3 heteroatoms. The second-order valence-corrected chi connectivity index (χ2v) is 1.15. The van der Waals surface area contributed by atoms with E-state index in [1.54, 1.807) is 13.8 Å². The third kappa shape index (κ3) is 3.43. The Kier molecular flexibility index (Phi) is 2.40. The summed E-state index contributed by atoms with van der Waals surface area (Å²) in [5, 5.41) is 12.5. The summed E-state index contributed by atoms with van der Waals surface area (Å²) in [5.74, 6) is 0. The van der Waals surface area contributed by atoms with Crippen molar-refractivity contribution in [3.8, 4) is 0 Å². The van der Waals surface area contributed by atoms with Gasteiger partial charge in [-0.1, -0.05) is 5.21 Å². The highest BCUT2D eigenvalue weighted by atomic mass is 16.5. The lowest BCUT2D eigenvalue weighted by atomic mass is 10.5. The smallest absolute Gasteiger partial charge is 0.0342 e. The number of rotatable bonds is 1. The van der Waals surface area contributed by atoms with Crippen molar-refractivity contribution in [3.05, 3.63) is 0 Å². The van der Waals surface area contributed by atoms with E-state index in [1.807, 2.05) is 0 Å². The number of nitrogens with one attached hydrogen (secondary N) is 1. The Bertz CT molecular complexity index is 55.8. The first kappa shape index (κ1) is 5.43. The molecule has 3 nitrogen and oxygen atoms in total. The lowest BCUT2D eigenvalue weighted by Crippen LogP contribution is -1.95. The first-order valence-electron chi connectivity index (χ1n) is 1.65. The molecular formula is C3H7N2O. The van der Waals surface area contributed by atoms with Crippen molar-refractivity contribution in [1.29, 1.82) is 0 Å². The van der Waals surface area contributed by atoms with Crippen LogP contribution in [0.15, 0.2) is 5.10 Å². The molecule has 0 aliphatic heterocycles. The highest BCUT2D eigenvalue weighted by Crippen LogP contribution is 1.63. The van der Waals surface area contributed by atoms with Crippen LogP contribution in [0.25, 0.3) is 0 Å². The minimum atomic E-state index is 0.741. The fourth-order valence-electron chi connectivity index (χ4n) is 0.0913. The second kappa shape index (κ2) is 2.66. The molecule has 1 N–H and O–H groups in total. The van der Waals surface area contributed by atoms with Crippen LogP contribution in [-0.4, -0.2) is 5.71 Å². The van der Waals surface area contributed by atoms with Crippen LogP contribution in [0.3, 0.4) is 0 Å². The summed E-state index contributed by atoms with van der Waals surface area (Å²) < 4.78 is 0. The molecule has 0 amide bonds. The zero-order valence-electron chi connectivity index (χ0n) is 3.86. The van der Waals surface area contributed by atoms with Crippen LogP contribution in [0.4, 0.5) is 0 Å². The second-order valence-electron chi connectivity index (χ2n) is 1.15. The molecule has 0 aromatic carbocycles. The summed E-state index contributed by atoms with van der Waals surface area (Å²) >= 11 is 0. The first-order valence-corrected chi connectivity index (χ1v) is 1.65. The number of hydrogen-bond donors (Lipinski definition) is 1. The molecule has 0 bridgehead atoms. The predicted molar refractivity (Wildman–Crippen MR) is 22.6 cm³/mol. The van der Waals surface area contributed by atoms with Gasteiger partial charge in [0.1, 0.15) is 0 Å². The van der Waals surface area contributed by atoms with E-state index in [1.165, 1.54) is 5.59 Å². The van der Waals surface area contributed by atoms with Crippen LogP contribution >= 0.6 is 0 Å². The van der Waals surface area contributed by atoms with Crippen LogP contribution in [0.5, 0.6) is 0 Å². The Labute approximate surface area is 36.6 Å². The zero-order valence-corrected chi connectivity index (χ0v) is 3.86. The van der Waals surface area contributed by atoms with Crippen LogP contribution in [-0.2, 0) is 5.21 Å². The van der Waals surface area contributed by atoms with Crippen molar-refractivity contribution < 1.29 is 5.21 Å². The molecule has 0 heterocycles. The van der Waals surface area contributed by atoms with E-state index in [-0.39, 0.29) is 0 Å². The normalized spacial score (nSPS) is 7.17. The predicted octanol–water partition coefficient (Wildman–Crippen LogP) is 0.317. The van der Waals surface area contributed by atoms with Crippen molar-refractivity contribution >= 4 is 5.71 Å². The maximum Gasteiger partial charge on any atom is 0.0342 e. The fourth-order valence-corrected chi connectivity index (χ4v) is 0.0913. The quantitative estimate of drug-likeness (QED) is 0.363. The van der Waals surface area contributed by atoms with E-state index in [0.717, 1.165) is 5.71 Å². The van der Waals surface area contributed by atoms with Crippen LogP contribution in [0.2, 0.25) is 0 Å². The van der Waals surface area contributed by atoms with Crippen molar-refractivity contribution in [2.45, 2.75) is 13.8 Å². The van der Waals surface area contributed by atoms with E-state index < -0.39 is 0 Å². The van der Waals surface area contributed by atoms with Crippen LogP contribution in [0, 0.1) is 0 Å². The molecule has 0 aromatic heterocycles. The van der Waals surface area contributed by atoms with E-state index in [4.69, 9.17) is 0 Å². The van der Waals surface area contributed by atoms with Gasteiger partial charge in [0.25, 0.3) is 0 Å². The van der Waals surface area contributed by atoms with E-state index in [2.05, 4.69) is 5.10 Å². The van der Waals surface area contributed by atoms with E-state index in [0.29, 0.717) is 0 Å². The number of hydrazone groups is 1. The average molecular weight is 87.1 g/mol. The molecule has 0 saturated heterocycles. The molecule has 6 heavy (non-hydrogen) atoms. The Hall–Kier alpha value is -0.570. The van der Waals surface area contributed by atoms with Gasteiger partial charge in [-0.25, -0.2) is 0 Å². The van der Waals surface area contributed by atoms with Gasteiger partial charge in [-0.15, -0.1) is 0 Å². The number of hydrogen-bond acceptors (Lipinski definition) is 2. The molecule has 0 fully saturated rings. The summed E-state index contributed by atoms with van der Waals surface area (Å²) in [4.78, 5) is 0. The number of nitrogens with zero attached hydrogens (tertiary/aromatic N) is 1. The van der Waals surface area contributed by atoms with Gasteiger partial charge in [-0.2, -0.15) is 10.7 Å². The molecule has 0 aromatic rings. The summed E-state index contributed by atoms with van der Waals surface area (Å²) in [6.45, 7) is 3.48. The van der Waals surface area contributed by atoms with Gasteiger partial charge in [0.05, 0.1) is 0 Å². The largest absolute Gasteiger partial charge is 0.162 e. The summed E-state index contributed by atoms with van der Waals surface area (Å²) in [6.07, 6.45) is 0. The molecule has 0 saturated carbocycles. The van der Waals surface area contributed by atoms with Gasteiger partial charge in [-0.3, -0.25) is 0 Å². The monoisotopic (exact) mass is 87.1 g/mol. The molecule has 0 unspecified atom stereocenters. The molecular weight excluding hydrogens is 80.0 g/mol. The van der Waals surface area contributed by atoms with Gasteiger partial charge in [-0.05, 0) is 13.8 Å². The van der Waals surface area contributed by atoms with Gasteiger partial charge in [0.15, 0.2) is 0 Å². The van der Waals surface area contributed by atoms with Crippen LogP contribution in [0.1, 0.15) is 13.8 Å². The molecule has 0 rings (SSSR count). The molecule has 0 aliphatic carbocycles. The molecule has 1 radical (unpaired) electrons. The summed E-state index contributed by atoms with van der Waals surface area (Å²) in [5.41, 5.74) is 2.15. The minimum absolute atomic E-state index is 0.741. The Morgan fingerprint density at radius 2 is 2.17 bits per heavy atom. The van der Waals surface area contributed by atoms with Crippen molar-refractivity contribution in [3.63, 3.8) is 0 Å². The Balaban J connectivity index is 3.14. The highest BCUT2D eigenvalue weighted by molar-refractivity contribution is 5.78. The molecule has 0 atom stereocenters. The fraction of sp³-hybridized carbons (Fsp3) is 0.667. The average Bonchev–Trinajstić information content (AvgIpc) is 1.35. The van der Waals surface area contributed by atoms with E-state index in [9.17, 15) is 5.21 Å². The van der Waals surface area contributed by atoms with Gasteiger partial charge >= 0.3 is 0 Å². The molecule has 0 aliphatic rings. The SMILES string of the molecule is CC(C)=NN[O]. The zero-order chi connectivity index (χ0) is 4.99. The Morgan fingerprint density at radius 3 is 2.17 bits per heavy atom. The molecule has 0 spiro atoms. The van der Waals surface area contributed by atoms with Crippen molar-refractivity contribution in [2.75, 3.05) is 0 Å². The van der Waals surface area contributed by atoms with Crippen molar-refractivity contribution in [2.24, 2.45) is 5.10 Å². The lowest BCUT2D eigenvalue weighted by molar-refractivity contribution is 0.0791. The standard InChI is InChI=1S/C3H7N2O/c1-3(2)4-5-6/h5H,1-2H3. The minimum Gasteiger partial charge on any atom is -0.162 e. The maximum atomic E-state index is 9.30.